The standard InChI is InChI=1S/C14H20N2O2/c1-10(2)7-8-15-14(17)13-9-16-11-5-3-4-6-12(11)18-13/h3-6,10,13,16H,7-9H2,1-2H3,(H,15,17). The van der Waals surface area contributed by atoms with E-state index in [1.807, 2.05) is 24.3 Å². The average Bonchev–Trinajstić information content (AvgIpc) is 2.37. The first-order chi connectivity index (χ1) is 8.66. The zero-order valence-corrected chi connectivity index (χ0v) is 10.9. The Balaban J connectivity index is 1.87. The molecule has 1 aliphatic rings. The second-order valence-corrected chi connectivity index (χ2v) is 4.96. The number of rotatable bonds is 4. The summed E-state index contributed by atoms with van der Waals surface area (Å²) in [5, 5.41) is 6.12. The maximum atomic E-state index is 11.9. The Morgan fingerprint density at radius 1 is 1.50 bits per heavy atom. The largest absolute Gasteiger partial charge is 0.477 e. The summed E-state index contributed by atoms with van der Waals surface area (Å²) in [7, 11) is 0. The van der Waals surface area contributed by atoms with Gasteiger partial charge < -0.3 is 15.4 Å². The van der Waals surface area contributed by atoms with Gasteiger partial charge in [0.1, 0.15) is 5.75 Å². The zero-order valence-electron chi connectivity index (χ0n) is 10.9. The van der Waals surface area contributed by atoms with Crippen molar-refractivity contribution in [1.82, 2.24) is 5.32 Å². The third kappa shape index (κ3) is 3.15. The van der Waals surface area contributed by atoms with Crippen molar-refractivity contribution < 1.29 is 9.53 Å². The first-order valence-corrected chi connectivity index (χ1v) is 6.44. The molecule has 2 rings (SSSR count). The first kappa shape index (κ1) is 12.7. The molecule has 1 atom stereocenters. The topological polar surface area (TPSA) is 50.4 Å². The lowest BCUT2D eigenvalue weighted by atomic mass is 10.1. The van der Waals surface area contributed by atoms with Crippen molar-refractivity contribution in [2.45, 2.75) is 26.4 Å². The molecule has 1 aromatic rings. The van der Waals surface area contributed by atoms with E-state index in [0.29, 0.717) is 19.0 Å². The number of para-hydroxylation sites is 2. The summed E-state index contributed by atoms with van der Waals surface area (Å²) in [5.74, 6) is 1.29. The summed E-state index contributed by atoms with van der Waals surface area (Å²) in [6, 6.07) is 7.66. The first-order valence-electron chi connectivity index (χ1n) is 6.44. The zero-order chi connectivity index (χ0) is 13.0. The summed E-state index contributed by atoms with van der Waals surface area (Å²) in [6.07, 6.45) is 0.551. The van der Waals surface area contributed by atoms with E-state index in [2.05, 4.69) is 24.5 Å². The molecule has 98 valence electrons. The fourth-order valence-corrected chi connectivity index (χ4v) is 1.86. The van der Waals surface area contributed by atoms with E-state index < -0.39 is 6.10 Å². The number of hydrogen-bond acceptors (Lipinski definition) is 3. The average molecular weight is 248 g/mol. The normalized spacial score (nSPS) is 17.6. The van der Waals surface area contributed by atoms with Gasteiger partial charge in [0, 0.05) is 6.54 Å². The lowest BCUT2D eigenvalue weighted by Gasteiger charge is -2.26. The van der Waals surface area contributed by atoms with Gasteiger partial charge in [-0.25, -0.2) is 0 Å². The SMILES string of the molecule is CC(C)CCNC(=O)C1CNc2ccccc2O1. The van der Waals surface area contributed by atoms with Crippen LogP contribution in [0.5, 0.6) is 5.75 Å². The van der Waals surface area contributed by atoms with Gasteiger partial charge in [0.2, 0.25) is 0 Å². The molecule has 4 nitrogen and oxygen atoms in total. The lowest BCUT2D eigenvalue weighted by molar-refractivity contribution is -0.127. The minimum absolute atomic E-state index is 0.0438. The number of amides is 1. The molecule has 0 spiro atoms. The van der Waals surface area contributed by atoms with Crippen molar-refractivity contribution in [3.8, 4) is 5.75 Å². The highest BCUT2D eigenvalue weighted by Crippen LogP contribution is 2.28. The predicted octanol–water partition coefficient (Wildman–Crippen LogP) is 2.02. The van der Waals surface area contributed by atoms with Crippen LogP contribution >= 0.6 is 0 Å². The van der Waals surface area contributed by atoms with E-state index in [-0.39, 0.29) is 5.91 Å². The van der Waals surface area contributed by atoms with Crippen LogP contribution in [0.15, 0.2) is 24.3 Å². The number of hydrogen-bond donors (Lipinski definition) is 2. The summed E-state index contributed by atoms with van der Waals surface area (Å²) < 4.78 is 5.68. The molecule has 18 heavy (non-hydrogen) atoms. The molecule has 0 aliphatic carbocycles. The van der Waals surface area contributed by atoms with E-state index >= 15 is 0 Å². The second-order valence-electron chi connectivity index (χ2n) is 4.96. The van der Waals surface area contributed by atoms with Gasteiger partial charge >= 0.3 is 0 Å². The number of carbonyl (C=O) groups excluding carboxylic acids is 1. The van der Waals surface area contributed by atoms with Gasteiger partial charge in [-0.05, 0) is 24.5 Å². The van der Waals surface area contributed by atoms with Crippen molar-refractivity contribution in [3.05, 3.63) is 24.3 Å². The van der Waals surface area contributed by atoms with Crippen LogP contribution in [0.1, 0.15) is 20.3 Å². The number of nitrogens with one attached hydrogen (secondary N) is 2. The second kappa shape index (κ2) is 5.76. The maximum absolute atomic E-state index is 11.9. The number of benzene rings is 1. The van der Waals surface area contributed by atoms with Crippen LogP contribution in [0, 0.1) is 5.92 Å². The van der Waals surface area contributed by atoms with Gasteiger partial charge in [0.15, 0.2) is 6.10 Å². The molecule has 2 N–H and O–H groups in total. The molecule has 1 amide bonds. The van der Waals surface area contributed by atoms with Gasteiger partial charge in [-0.3, -0.25) is 4.79 Å². The summed E-state index contributed by atoms with van der Waals surface area (Å²) in [4.78, 5) is 11.9. The Labute approximate surface area is 108 Å². The van der Waals surface area contributed by atoms with Crippen LogP contribution in [-0.4, -0.2) is 25.1 Å². The number of carbonyl (C=O) groups is 1. The van der Waals surface area contributed by atoms with Gasteiger partial charge in [-0.15, -0.1) is 0 Å². The minimum atomic E-state index is -0.438. The minimum Gasteiger partial charge on any atom is -0.477 e. The predicted molar refractivity (Wildman–Crippen MR) is 71.8 cm³/mol. The van der Waals surface area contributed by atoms with Crippen LogP contribution in [-0.2, 0) is 4.79 Å². The Bertz CT molecular complexity index is 418. The molecule has 0 aromatic heterocycles. The number of anilines is 1. The van der Waals surface area contributed by atoms with Crippen LogP contribution in [0.2, 0.25) is 0 Å². The highest BCUT2D eigenvalue weighted by Gasteiger charge is 2.25. The Kier molecular flexibility index (Phi) is 4.07. The third-order valence-corrected chi connectivity index (χ3v) is 2.95. The van der Waals surface area contributed by atoms with E-state index in [9.17, 15) is 4.79 Å². The molecule has 0 saturated carbocycles. The Morgan fingerprint density at radius 2 is 2.28 bits per heavy atom. The summed E-state index contributed by atoms with van der Waals surface area (Å²) in [5.41, 5.74) is 0.948. The molecule has 0 saturated heterocycles. The van der Waals surface area contributed by atoms with Gasteiger partial charge in [0.05, 0.1) is 12.2 Å². The molecule has 0 radical (unpaired) electrons. The lowest BCUT2D eigenvalue weighted by Crippen LogP contribution is -2.45. The van der Waals surface area contributed by atoms with Crippen molar-refractivity contribution in [3.63, 3.8) is 0 Å². The molecule has 0 bridgehead atoms. The van der Waals surface area contributed by atoms with Gasteiger partial charge in [-0.2, -0.15) is 0 Å². The van der Waals surface area contributed by atoms with Crippen molar-refractivity contribution in [2.24, 2.45) is 5.92 Å². The smallest absolute Gasteiger partial charge is 0.262 e. The molecule has 4 heteroatoms. The quantitative estimate of drug-likeness (QED) is 0.857. The van der Waals surface area contributed by atoms with E-state index in [0.717, 1.165) is 17.9 Å². The maximum Gasteiger partial charge on any atom is 0.262 e. The Morgan fingerprint density at radius 3 is 3.06 bits per heavy atom. The fraction of sp³-hybridized carbons (Fsp3) is 0.500. The van der Waals surface area contributed by atoms with E-state index in [1.54, 1.807) is 0 Å². The summed E-state index contributed by atoms with van der Waals surface area (Å²) >= 11 is 0. The molecule has 1 heterocycles. The third-order valence-electron chi connectivity index (χ3n) is 2.95. The van der Waals surface area contributed by atoms with Crippen molar-refractivity contribution in [1.29, 1.82) is 0 Å². The van der Waals surface area contributed by atoms with Gasteiger partial charge in [-0.1, -0.05) is 26.0 Å². The summed E-state index contributed by atoms with van der Waals surface area (Å²) in [6.45, 7) is 5.50. The highest BCUT2D eigenvalue weighted by atomic mass is 16.5. The van der Waals surface area contributed by atoms with Gasteiger partial charge in [0.25, 0.3) is 5.91 Å². The van der Waals surface area contributed by atoms with Crippen LogP contribution < -0.4 is 15.4 Å². The number of fused-ring (bicyclic) bond motifs is 1. The molecular formula is C14H20N2O2. The Hall–Kier alpha value is -1.71. The highest BCUT2D eigenvalue weighted by molar-refractivity contribution is 5.83. The van der Waals surface area contributed by atoms with E-state index in [1.165, 1.54) is 0 Å². The molecular weight excluding hydrogens is 228 g/mol. The van der Waals surface area contributed by atoms with Crippen molar-refractivity contribution in [2.75, 3.05) is 18.4 Å². The number of ether oxygens (including phenoxy) is 1. The monoisotopic (exact) mass is 248 g/mol. The molecule has 1 unspecified atom stereocenters. The molecule has 0 fully saturated rings. The molecule has 1 aliphatic heterocycles. The van der Waals surface area contributed by atoms with Crippen LogP contribution in [0.4, 0.5) is 5.69 Å². The molecule has 1 aromatic carbocycles. The van der Waals surface area contributed by atoms with Crippen LogP contribution in [0.3, 0.4) is 0 Å². The fourth-order valence-electron chi connectivity index (χ4n) is 1.86. The van der Waals surface area contributed by atoms with E-state index in [4.69, 9.17) is 4.74 Å². The van der Waals surface area contributed by atoms with Crippen LogP contribution in [0.25, 0.3) is 0 Å². The van der Waals surface area contributed by atoms with Crippen molar-refractivity contribution >= 4 is 11.6 Å².